The van der Waals surface area contributed by atoms with Gasteiger partial charge in [0.2, 0.25) is 0 Å². The normalized spacial score (nSPS) is 15.5. The molecule has 4 rings (SSSR count). The lowest BCUT2D eigenvalue weighted by atomic mass is 10.1. The molecule has 1 atom stereocenters. The van der Waals surface area contributed by atoms with Crippen molar-refractivity contribution in [3.8, 4) is 5.69 Å². The fraction of sp³-hybridized carbons (Fsp3) is 0.200. The van der Waals surface area contributed by atoms with Gasteiger partial charge in [-0.25, -0.2) is 9.48 Å². The minimum absolute atomic E-state index is 0.0861. The SMILES string of the molecule is O=C(NCc1cnn(-c2ccc(Cl)cc2)c1)NC1CCc2ccccc21. The van der Waals surface area contributed by atoms with Gasteiger partial charge in [-0.15, -0.1) is 0 Å². The topological polar surface area (TPSA) is 59.0 Å². The molecule has 0 saturated heterocycles. The molecule has 132 valence electrons. The summed E-state index contributed by atoms with van der Waals surface area (Å²) < 4.78 is 1.76. The van der Waals surface area contributed by atoms with Crippen LogP contribution >= 0.6 is 11.6 Å². The molecule has 1 unspecified atom stereocenters. The number of urea groups is 1. The van der Waals surface area contributed by atoms with Gasteiger partial charge in [0.15, 0.2) is 0 Å². The number of aromatic nitrogens is 2. The number of carbonyl (C=O) groups excluding carboxylic acids is 1. The van der Waals surface area contributed by atoms with Gasteiger partial charge in [-0.05, 0) is 48.2 Å². The lowest BCUT2D eigenvalue weighted by Gasteiger charge is -2.14. The van der Waals surface area contributed by atoms with Gasteiger partial charge in [0, 0.05) is 23.3 Å². The van der Waals surface area contributed by atoms with Crippen LogP contribution in [0.4, 0.5) is 4.79 Å². The molecule has 1 aromatic heterocycles. The first-order chi connectivity index (χ1) is 12.7. The quantitative estimate of drug-likeness (QED) is 0.732. The van der Waals surface area contributed by atoms with Crippen LogP contribution in [0, 0.1) is 0 Å². The molecular weight excluding hydrogens is 348 g/mol. The minimum atomic E-state index is -0.161. The van der Waals surface area contributed by atoms with Gasteiger partial charge in [0.1, 0.15) is 0 Å². The van der Waals surface area contributed by atoms with Gasteiger partial charge >= 0.3 is 6.03 Å². The molecule has 6 heteroatoms. The smallest absolute Gasteiger partial charge is 0.315 e. The Labute approximate surface area is 157 Å². The third-order valence-corrected chi connectivity index (χ3v) is 4.87. The molecule has 0 spiro atoms. The van der Waals surface area contributed by atoms with E-state index in [-0.39, 0.29) is 12.1 Å². The molecule has 26 heavy (non-hydrogen) atoms. The maximum absolute atomic E-state index is 12.2. The van der Waals surface area contributed by atoms with Gasteiger partial charge in [0.05, 0.1) is 17.9 Å². The predicted molar refractivity (Wildman–Crippen MR) is 101 cm³/mol. The van der Waals surface area contributed by atoms with Crippen LogP contribution in [0.15, 0.2) is 60.9 Å². The highest BCUT2D eigenvalue weighted by Crippen LogP contribution is 2.30. The van der Waals surface area contributed by atoms with Crippen molar-refractivity contribution in [1.29, 1.82) is 0 Å². The van der Waals surface area contributed by atoms with E-state index in [1.165, 1.54) is 11.1 Å². The van der Waals surface area contributed by atoms with Crippen LogP contribution in [-0.4, -0.2) is 15.8 Å². The van der Waals surface area contributed by atoms with E-state index < -0.39 is 0 Å². The number of fused-ring (bicyclic) bond motifs is 1. The number of aryl methyl sites for hydroxylation is 1. The van der Waals surface area contributed by atoms with Crippen molar-refractivity contribution < 1.29 is 4.79 Å². The van der Waals surface area contributed by atoms with E-state index in [0.29, 0.717) is 11.6 Å². The van der Waals surface area contributed by atoms with E-state index in [9.17, 15) is 4.79 Å². The van der Waals surface area contributed by atoms with Crippen LogP contribution in [-0.2, 0) is 13.0 Å². The number of amides is 2. The van der Waals surface area contributed by atoms with Crippen molar-refractivity contribution in [3.63, 3.8) is 0 Å². The molecular formula is C20H19ClN4O. The second kappa shape index (κ2) is 7.22. The monoisotopic (exact) mass is 366 g/mol. The second-order valence-electron chi connectivity index (χ2n) is 6.39. The van der Waals surface area contributed by atoms with Crippen LogP contribution in [0.1, 0.15) is 29.2 Å². The summed E-state index contributed by atoms with van der Waals surface area (Å²) in [5.41, 5.74) is 4.40. The fourth-order valence-electron chi connectivity index (χ4n) is 3.29. The lowest BCUT2D eigenvalue weighted by Crippen LogP contribution is -2.36. The number of nitrogens with one attached hydrogen (secondary N) is 2. The summed E-state index contributed by atoms with van der Waals surface area (Å²) in [6, 6.07) is 15.6. The predicted octanol–water partition coefficient (Wildman–Crippen LogP) is 4.01. The highest BCUT2D eigenvalue weighted by atomic mass is 35.5. The molecule has 0 fully saturated rings. The second-order valence-corrected chi connectivity index (χ2v) is 6.82. The molecule has 3 aromatic rings. The largest absolute Gasteiger partial charge is 0.334 e. The number of rotatable bonds is 4. The Bertz CT molecular complexity index is 920. The Kier molecular flexibility index (Phi) is 4.63. The minimum Gasteiger partial charge on any atom is -0.334 e. The average molecular weight is 367 g/mol. The molecule has 1 aliphatic carbocycles. The van der Waals surface area contributed by atoms with Crippen LogP contribution in [0.5, 0.6) is 0 Å². The standard InChI is InChI=1S/C20H19ClN4O/c21-16-6-8-17(9-7-16)25-13-14(12-23-25)11-22-20(26)24-19-10-5-15-3-1-2-4-18(15)19/h1-4,6-9,12-13,19H,5,10-11H2,(H2,22,24,26). The number of benzene rings is 2. The van der Waals surface area contributed by atoms with Crippen molar-refractivity contribution in [1.82, 2.24) is 20.4 Å². The number of nitrogens with zero attached hydrogens (tertiary/aromatic N) is 2. The number of carbonyl (C=O) groups is 1. The van der Waals surface area contributed by atoms with E-state index in [1.807, 2.05) is 42.6 Å². The zero-order valence-corrected chi connectivity index (χ0v) is 14.9. The molecule has 0 radical (unpaired) electrons. The van der Waals surface area contributed by atoms with Crippen molar-refractivity contribution in [2.24, 2.45) is 0 Å². The molecule has 0 aliphatic heterocycles. The molecule has 2 amide bonds. The Morgan fingerprint density at radius 2 is 2.00 bits per heavy atom. The molecule has 0 saturated carbocycles. The van der Waals surface area contributed by atoms with Gasteiger partial charge in [0.25, 0.3) is 0 Å². The zero-order valence-electron chi connectivity index (χ0n) is 14.2. The van der Waals surface area contributed by atoms with Crippen molar-refractivity contribution in [3.05, 3.63) is 82.6 Å². The van der Waals surface area contributed by atoms with Gasteiger partial charge < -0.3 is 10.6 Å². The summed E-state index contributed by atoms with van der Waals surface area (Å²) in [4.78, 5) is 12.2. The number of hydrogen-bond acceptors (Lipinski definition) is 2. The first-order valence-corrected chi connectivity index (χ1v) is 8.98. The molecule has 2 N–H and O–H groups in total. The number of hydrogen-bond donors (Lipinski definition) is 2. The summed E-state index contributed by atoms with van der Waals surface area (Å²) >= 11 is 5.91. The van der Waals surface area contributed by atoms with Crippen molar-refractivity contribution in [2.45, 2.75) is 25.4 Å². The lowest BCUT2D eigenvalue weighted by molar-refractivity contribution is 0.236. The Morgan fingerprint density at radius 3 is 2.85 bits per heavy atom. The highest BCUT2D eigenvalue weighted by Gasteiger charge is 2.23. The summed E-state index contributed by atoms with van der Waals surface area (Å²) in [6.07, 6.45) is 5.60. The summed E-state index contributed by atoms with van der Waals surface area (Å²) in [5.74, 6) is 0. The third kappa shape index (κ3) is 3.58. The summed E-state index contributed by atoms with van der Waals surface area (Å²) in [5, 5.41) is 11.0. The third-order valence-electron chi connectivity index (χ3n) is 4.62. The van der Waals surface area contributed by atoms with E-state index in [2.05, 4.69) is 27.9 Å². The van der Waals surface area contributed by atoms with Crippen LogP contribution in [0.25, 0.3) is 5.69 Å². The Hall–Kier alpha value is -2.79. The van der Waals surface area contributed by atoms with E-state index in [1.54, 1.807) is 10.9 Å². The van der Waals surface area contributed by atoms with E-state index in [4.69, 9.17) is 11.6 Å². The van der Waals surface area contributed by atoms with E-state index in [0.717, 1.165) is 24.1 Å². The van der Waals surface area contributed by atoms with Crippen molar-refractivity contribution >= 4 is 17.6 Å². The maximum atomic E-state index is 12.2. The van der Waals surface area contributed by atoms with Crippen LogP contribution in [0.3, 0.4) is 0 Å². The first kappa shape index (κ1) is 16.7. The number of halogens is 1. The summed E-state index contributed by atoms with van der Waals surface area (Å²) in [6.45, 7) is 0.424. The van der Waals surface area contributed by atoms with Gasteiger partial charge in [-0.2, -0.15) is 5.10 Å². The van der Waals surface area contributed by atoms with Crippen molar-refractivity contribution in [2.75, 3.05) is 0 Å². The Balaban J connectivity index is 1.33. The maximum Gasteiger partial charge on any atom is 0.315 e. The van der Waals surface area contributed by atoms with Gasteiger partial charge in [-0.1, -0.05) is 35.9 Å². The zero-order chi connectivity index (χ0) is 17.9. The average Bonchev–Trinajstić information content (AvgIpc) is 3.28. The van der Waals surface area contributed by atoms with Crippen LogP contribution < -0.4 is 10.6 Å². The fourth-order valence-corrected chi connectivity index (χ4v) is 3.41. The summed E-state index contributed by atoms with van der Waals surface area (Å²) in [7, 11) is 0. The van der Waals surface area contributed by atoms with E-state index >= 15 is 0 Å². The van der Waals surface area contributed by atoms with Gasteiger partial charge in [-0.3, -0.25) is 0 Å². The molecule has 0 bridgehead atoms. The molecule has 5 nitrogen and oxygen atoms in total. The first-order valence-electron chi connectivity index (χ1n) is 8.61. The molecule has 1 aliphatic rings. The highest BCUT2D eigenvalue weighted by molar-refractivity contribution is 6.30. The Morgan fingerprint density at radius 1 is 1.19 bits per heavy atom. The molecule has 2 aromatic carbocycles. The van der Waals surface area contributed by atoms with Crippen LogP contribution in [0.2, 0.25) is 5.02 Å². The molecule has 1 heterocycles.